The minimum atomic E-state index is -0.558. The van der Waals surface area contributed by atoms with Gasteiger partial charge in [-0.2, -0.15) is 0 Å². The Morgan fingerprint density at radius 2 is 0.790 bits per heavy atom. The first-order valence-corrected chi connectivity index (χ1v) is 22.0. The van der Waals surface area contributed by atoms with Crippen LogP contribution in [-0.4, -0.2) is 16.0 Å². The summed E-state index contributed by atoms with van der Waals surface area (Å²) >= 11 is 0. The minimum Gasteiger partial charge on any atom is -1.00 e. The number of fused-ring (bicyclic) bond motifs is 1. The fourth-order valence-corrected chi connectivity index (χ4v) is 11.0. The van der Waals surface area contributed by atoms with Crippen molar-refractivity contribution in [2.45, 2.75) is 0 Å². The molecule has 1 amide bonds. The molecule has 0 unspecified atom stereocenters. The first kappa shape index (κ1) is 46.1. The van der Waals surface area contributed by atoms with Gasteiger partial charge in [-0.25, -0.2) is 0 Å². The van der Waals surface area contributed by atoms with E-state index < -0.39 is 21.8 Å². The molecule has 0 atom stereocenters. The average Bonchev–Trinajstić information content (AvgIpc) is 3.66. The first-order valence-electron chi connectivity index (χ1n) is 19.3. The van der Waals surface area contributed by atoms with E-state index in [9.17, 15) is 9.90 Å². The third-order valence-electron chi connectivity index (χ3n) is 9.18. The smallest absolute Gasteiger partial charge is 0.0134 e. The maximum atomic E-state index is 12.0. The van der Waals surface area contributed by atoms with E-state index in [2.05, 4.69) is 204 Å². The van der Waals surface area contributed by atoms with Gasteiger partial charge in [0.1, 0.15) is 0 Å². The van der Waals surface area contributed by atoms with E-state index in [0.29, 0.717) is 11.1 Å². The number of nitrogens with one attached hydrogen (secondary N) is 1. The molecule has 9 aromatic rings. The monoisotopic (exact) mass is 867 g/mol. The number of carbonyl (C=O) groups is 1. The van der Waals surface area contributed by atoms with Gasteiger partial charge in [0.05, 0.1) is 11.1 Å². The van der Waals surface area contributed by atoms with Gasteiger partial charge in [-0.3, -0.25) is 4.79 Å². The molecule has 0 aliphatic carbocycles. The molecule has 62 heavy (non-hydrogen) atoms. The third kappa shape index (κ3) is 12.3. The second-order valence-electron chi connectivity index (χ2n) is 13.1. The van der Waals surface area contributed by atoms with Crippen molar-refractivity contribution < 1.29 is 27.0 Å². The predicted octanol–water partition coefficient (Wildman–Crippen LogP) is 7.24. The Bertz CT molecular complexity index is 2450. The number of rotatable bonds is 8. The normalized spacial score (nSPS) is 10.3. The van der Waals surface area contributed by atoms with E-state index in [1.165, 1.54) is 31.8 Å². The van der Waals surface area contributed by atoms with Crippen molar-refractivity contribution in [3.63, 3.8) is 0 Å². The molecule has 0 fully saturated rings. The summed E-state index contributed by atoms with van der Waals surface area (Å²) in [6.45, 7) is 4.50. The van der Waals surface area contributed by atoms with Crippen LogP contribution >= 0.6 is 15.8 Å². The molecule has 306 valence electrons. The number of hydrogen-bond acceptors (Lipinski definition) is 4. The Morgan fingerprint density at radius 3 is 1.15 bits per heavy atom. The van der Waals surface area contributed by atoms with Gasteiger partial charge in [0.25, 0.3) is 5.91 Å². The number of nitrogens with zero attached hydrogens (tertiary/aromatic N) is 2. The third-order valence-corrected chi connectivity index (χ3v) is 14.1. The van der Waals surface area contributed by atoms with E-state index in [1.807, 2.05) is 12.1 Å². The molecule has 7 nitrogen and oxygen atoms in total. The SMILES string of the molecule is Nc1ccccc1C(=O)N=Nc1c(O)[nH]c2ccccc12.[C-]#[O+].[Cl-].c1ccc(P(c2ccccc2)c2ccccc2)cc1.c1ccc(P(c2ccccc2)c2ccccc2)cc1. The van der Waals surface area contributed by atoms with Crippen molar-refractivity contribution in [2.75, 3.05) is 5.73 Å². The summed E-state index contributed by atoms with van der Waals surface area (Å²) in [7, 11) is -0.892. The number of carbonyl (C=O) groups excluding carboxylic acids is 1. The number of halogens is 1. The number of aromatic amines is 1. The van der Waals surface area contributed by atoms with Gasteiger partial charge >= 0.3 is 11.3 Å². The van der Waals surface area contributed by atoms with Crippen LogP contribution in [0.3, 0.4) is 0 Å². The zero-order chi connectivity index (χ0) is 42.7. The number of anilines is 1. The molecule has 9 rings (SSSR count). The number of H-pyrrole nitrogens is 1. The molecular formula is C52H42ClN4O3P2-. The maximum absolute atomic E-state index is 12.0. The van der Waals surface area contributed by atoms with Crippen molar-refractivity contribution in [3.8, 4) is 5.88 Å². The van der Waals surface area contributed by atoms with E-state index >= 15 is 0 Å². The van der Waals surface area contributed by atoms with E-state index in [-0.39, 0.29) is 29.5 Å². The Hall–Kier alpha value is -6.94. The number of benzene rings is 8. The van der Waals surface area contributed by atoms with Crippen molar-refractivity contribution >= 4 is 75.9 Å². The minimum absolute atomic E-state index is 0. The molecule has 0 aliphatic rings. The quantitative estimate of drug-likeness (QED) is 0.0491. The molecule has 0 saturated carbocycles. The maximum Gasteiger partial charge on any atom is -0.0134 e. The van der Waals surface area contributed by atoms with Crippen LogP contribution in [0.4, 0.5) is 11.4 Å². The van der Waals surface area contributed by atoms with E-state index in [4.69, 9.17) is 10.4 Å². The van der Waals surface area contributed by atoms with Crippen LogP contribution in [0.15, 0.2) is 241 Å². The van der Waals surface area contributed by atoms with Gasteiger partial charge in [0, 0.05) is 11.1 Å². The van der Waals surface area contributed by atoms with Gasteiger partial charge in [-0.15, -0.1) is 10.2 Å². The largest absolute Gasteiger partial charge is 1.00 e. The number of amides is 1. The Morgan fingerprint density at radius 1 is 0.484 bits per heavy atom. The number of nitrogens with two attached hydrogens (primary N) is 1. The summed E-state index contributed by atoms with van der Waals surface area (Å²) < 4.78 is 7.50. The summed E-state index contributed by atoms with van der Waals surface area (Å²) in [4.78, 5) is 14.7. The molecule has 0 aliphatic heterocycles. The molecular weight excluding hydrogens is 826 g/mol. The molecule has 1 aromatic heterocycles. The van der Waals surface area contributed by atoms with Crippen molar-refractivity contribution in [1.29, 1.82) is 0 Å². The zero-order valence-corrected chi connectivity index (χ0v) is 36.0. The summed E-state index contributed by atoms with van der Waals surface area (Å²) in [5.41, 5.74) is 7.28. The predicted molar refractivity (Wildman–Crippen MR) is 254 cm³/mol. The van der Waals surface area contributed by atoms with Gasteiger partial charge < -0.3 is 28.2 Å². The molecule has 10 heteroatoms. The van der Waals surface area contributed by atoms with Crippen LogP contribution in [0.25, 0.3) is 10.9 Å². The Kier molecular flexibility index (Phi) is 18.1. The number of para-hydroxylation sites is 2. The van der Waals surface area contributed by atoms with Gasteiger partial charge in [-0.05, 0) is 65.9 Å². The average molecular weight is 868 g/mol. The molecule has 1 heterocycles. The Balaban J connectivity index is 0.000000171. The van der Waals surface area contributed by atoms with E-state index in [1.54, 1.807) is 36.4 Å². The summed E-state index contributed by atoms with van der Waals surface area (Å²) in [6.07, 6.45) is 0. The number of aromatic nitrogens is 1. The second-order valence-corrected chi connectivity index (χ2v) is 17.6. The van der Waals surface area contributed by atoms with Gasteiger partial charge in [0.15, 0.2) is 5.69 Å². The number of hydrogen-bond donors (Lipinski definition) is 3. The summed E-state index contributed by atoms with van der Waals surface area (Å²) in [5.74, 6) is -0.688. The number of azo groups is 1. The first-order chi connectivity index (χ1) is 30.1. The fourth-order valence-electron chi connectivity index (χ4n) is 6.41. The van der Waals surface area contributed by atoms with Crippen LogP contribution in [-0.2, 0) is 4.65 Å². The van der Waals surface area contributed by atoms with E-state index in [0.717, 1.165) is 5.52 Å². The van der Waals surface area contributed by atoms with Crippen LogP contribution in [0.5, 0.6) is 5.88 Å². The topological polar surface area (TPSA) is 124 Å². The molecule has 4 N–H and O–H groups in total. The van der Waals surface area contributed by atoms with Crippen LogP contribution in [0, 0.1) is 6.65 Å². The second kappa shape index (κ2) is 24.3. The summed E-state index contributed by atoms with van der Waals surface area (Å²) in [6, 6.07) is 78.5. The van der Waals surface area contributed by atoms with Crippen LogP contribution in [0.1, 0.15) is 10.4 Å². The number of aromatic hydroxyl groups is 1. The molecule has 0 radical (unpaired) electrons. The fraction of sp³-hybridized carbons (Fsp3) is 0. The molecule has 0 bridgehead atoms. The summed E-state index contributed by atoms with van der Waals surface area (Å²) in [5, 5.41) is 26.4. The van der Waals surface area contributed by atoms with Crippen LogP contribution in [0.2, 0.25) is 0 Å². The van der Waals surface area contributed by atoms with Crippen molar-refractivity contribution in [1.82, 2.24) is 4.98 Å². The molecule has 0 saturated heterocycles. The van der Waals surface area contributed by atoms with Gasteiger partial charge in [0.2, 0.25) is 5.88 Å². The molecule has 0 spiro atoms. The zero-order valence-electron chi connectivity index (χ0n) is 33.4. The number of nitrogen functional groups attached to an aromatic ring is 1. The Labute approximate surface area is 370 Å². The van der Waals surface area contributed by atoms with Crippen molar-refractivity contribution in [3.05, 3.63) is 243 Å². The molecule has 8 aromatic carbocycles. The van der Waals surface area contributed by atoms with Crippen LogP contribution < -0.4 is 50.0 Å². The van der Waals surface area contributed by atoms with Crippen molar-refractivity contribution in [2.24, 2.45) is 10.2 Å². The standard InChI is InChI=1S/2C18H15P.C15H12N4O2.CO.ClH/c2*1-4-10-16(11-5-1)19(17-12-6-2-7-13-17)18-14-8-3-9-15-18;16-11-7-3-1-5-9(11)14(20)19-18-13-10-6-2-4-8-12(10)17-15(13)21;1-2;/h2*1-15H;1-8,17,21H,16H2;;1H/p-1. The van der Waals surface area contributed by atoms with Gasteiger partial charge in [-0.1, -0.05) is 212 Å².